The van der Waals surface area contributed by atoms with Gasteiger partial charge in [0, 0.05) is 12.6 Å². The maximum atomic E-state index is 9.43. The lowest BCUT2D eigenvalue weighted by Crippen LogP contribution is -2.44. The van der Waals surface area contributed by atoms with Gasteiger partial charge in [0.15, 0.2) is 0 Å². The Morgan fingerprint density at radius 3 is 2.38 bits per heavy atom. The molecule has 1 atom stereocenters. The summed E-state index contributed by atoms with van der Waals surface area (Å²) in [6.07, 6.45) is 6.48. The number of ether oxygens (including phenoxy) is 2. The second kappa shape index (κ2) is 7.22. The highest BCUT2D eigenvalue weighted by atomic mass is 16.5. The molecule has 0 aromatic rings. The van der Waals surface area contributed by atoms with E-state index in [9.17, 15) is 5.11 Å². The molecule has 0 aliphatic heterocycles. The minimum atomic E-state index is -0.542. The van der Waals surface area contributed by atoms with Crippen LogP contribution in [0.2, 0.25) is 0 Å². The summed E-state index contributed by atoms with van der Waals surface area (Å²) in [5.41, 5.74) is 6.10. The minimum absolute atomic E-state index is 0.177. The van der Waals surface area contributed by atoms with E-state index in [0.29, 0.717) is 19.8 Å². The number of hydrogen-bond acceptors (Lipinski definition) is 4. The third-order valence-corrected chi connectivity index (χ3v) is 3.16. The molecule has 4 heteroatoms. The first-order valence-corrected chi connectivity index (χ1v) is 6.20. The Balaban J connectivity index is 2.19. The predicted octanol–water partition coefficient (Wildman–Crippen LogP) is 1.06. The highest BCUT2D eigenvalue weighted by molar-refractivity contribution is 4.85. The fraction of sp³-hybridized carbons (Fsp3) is 1.00. The fourth-order valence-electron chi connectivity index (χ4n) is 2.22. The van der Waals surface area contributed by atoms with E-state index < -0.39 is 6.10 Å². The van der Waals surface area contributed by atoms with Crippen LogP contribution >= 0.6 is 0 Å². The van der Waals surface area contributed by atoms with Gasteiger partial charge in [0.05, 0.1) is 19.8 Å². The summed E-state index contributed by atoms with van der Waals surface area (Å²) < 4.78 is 10.3. The number of rotatable bonds is 6. The molecule has 0 aromatic heterocycles. The van der Waals surface area contributed by atoms with Crippen LogP contribution in [0, 0.1) is 0 Å². The van der Waals surface area contributed by atoms with Crippen LogP contribution in [0.25, 0.3) is 0 Å². The van der Waals surface area contributed by atoms with Gasteiger partial charge in [-0.15, -0.1) is 0 Å². The molecule has 0 radical (unpaired) electrons. The van der Waals surface area contributed by atoms with Crippen molar-refractivity contribution in [3.05, 3.63) is 0 Å². The molecule has 1 fully saturated rings. The molecular weight excluding hydrogens is 206 g/mol. The van der Waals surface area contributed by atoms with E-state index in [4.69, 9.17) is 15.2 Å². The summed E-state index contributed by atoms with van der Waals surface area (Å²) in [6.45, 7) is 1.18. The summed E-state index contributed by atoms with van der Waals surface area (Å²) >= 11 is 0. The van der Waals surface area contributed by atoms with Crippen molar-refractivity contribution >= 4 is 0 Å². The molecule has 0 amide bonds. The van der Waals surface area contributed by atoms with Gasteiger partial charge >= 0.3 is 0 Å². The van der Waals surface area contributed by atoms with Gasteiger partial charge in [0.2, 0.25) is 0 Å². The van der Waals surface area contributed by atoms with Crippen molar-refractivity contribution < 1.29 is 14.6 Å². The monoisotopic (exact) mass is 231 g/mol. The molecule has 1 saturated carbocycles. The van der Waals surface area contributed by atoms with Gasteiger partial charge in [0.25, 0.3) is 0 Å². The molecule has 0 saturated heterocycles. The number of methoxy groups -OCH3 is 1. The third-order valence-electron chi connectivity index (χ3n) is 3.16. The zero-order chi connectivity index (χ0) is 11.9. The Morgan fingerprint density at radius 2 is 1.81 bits per heavy atom. The van der Waals surface area contributed by atoms with Crippen molar-refractivity contribution in [2.24, 2.45) is 5.73 Å². The standard InChI is InChI=1S/C12H25NO3/c1-15-8-11(14)9-16-10-12(13)6-4-2-3-5-7-12/h11,14H,2-10,13H2,1H3. The second-order valence-electron chi connectivity index (χ2n) is 4.90. The summed E-state index contributed by atoms with van der Waals surface area (Å²) in [6, 6.07) is 0. The van der Waals surface area contributed by atoms with Gasteiger partial charge in [-0.2, -0.15) is 0 Å². The molecule has 1 rings (SSSR count). The molecular formula is C12H25NO3. The van der Waals surface area contributed by atoms with Crippen molar-refractivity contribution in [3.8, 4) is 0 Å². The largest absolute Gasteiger partial charge is 0.388 e. The van der Waals surface area contributed by atoms with Crippen LogP contribution < -0.4 is 5.73 Å². The topological polar surface area (TPSA) is 64.7 Å². The van der Waals surface area contributed by atoms with Gasteiger partial charge in [0.1, 0.15) is 6.10 Å². The van der Waals surface area contributed by atoms with Crippen molar-refractivity contribution in [3.63, 3.8) is 0 Å². The highest BCUT2D eigenvalue weighted by Gasteiger charge is 2.26. The first-order chi connectivity index (χ1) is 7.66. The van der Waals surface area contributed by atoms with Crippen LogP contribution in [-0.2, 0) is 9.47 Å². The first kappa shape index (κ1) is 13.9. The zero-order valence-electron chi connectivity index (χ0n) is 10.3. The second-order valence-corrected chi connectivity index (χ2v) is 4.90. The van der Waals surface area contributed by atoms with Gasteiger partial charge in [-0.05, 0) is 12.8 Å². The minimum Gasteiger partial charge on any atom is -0.388 e. The van der Waals surface area contributed by atoms with E-state index in [1.807, 2.05) is 0 Å². The van der Waals surface area contributed by atoms with Crippen LogP contribution in [0.3, 0.4) is 0 Å². The zero-order valence-corrected chi connectivity index (χ0v) is 10.3. The number of aliphatic hydroxyl groups is 1. The van der Waals surface area contributed by atoms with E-state index in [1.165, 1.54) is 25.7 Å². The Hall–Kier alpha value is -0.160. The van der Waals surface area contributed by atoms with Crippen LogP contribution in [0.5, 0.6) is 0 Å². The molecule has 1 unspecified atom stereocenters. The third kappa shape index (κ3) is 5.25. The molecule has 1 aliphatic carbocycles. The van der Waals surface area contributed by atoms with Gasteiger partial charge in [-0.3, -0.25) is 0 Å². The van der Waals surface area contributed by atoms with Gasteiger partial charge < -0.3 is 20.3 Å². The van der Waals surface area contributed by atoms with E-state index in [2.05, 4.69) is 0 Å². The average molecular weight is 231 g/mol. The summed E-state index contributed by atoms with van der Waals surface area (Å²) in [5.74, 6) is 0. The van der Waals surface area contributed by atoms with Gasteiger partial charge in [-0.1, -0.05) is 25.7 Å². The number of hydrogen-bond donors (Lipinski definition) is 2. The predicted molar refractivity (Wildman–Crippen MR) is 63.3 cm³/mol. The van der Waals surface area contributed by atoms with Crippen molar-refractivity contribution in [2.45, 2.75) is 50.2 Å². The molecule has 0 heterocycles. The van der Waals surface area contributed by atoms with E-state index in [1.54, 1.807) is 7.11 Å². The molecule has 1 aliphatic rings. The lowest BCUT2D eigenvalue weighted by molar-refractivity contribution is -0.0205. The average Bonchev–Trinajstić information content (AvgIpc) is 2.44. The maximum Gasteiger partial charge on any atom is 0.101 e. The van der Waals surface area contributed by atoms with Crippen LogP contribution in [0.15, 0.2) is 0 Å². The number of nitrogens with two attached hydrogens (primary N) is 1. The van der Waals surface area contributed by atoms with E-state index >= 15 is 0 Å². The molecule has 16 heavy (non-hydrogen) atoms. The molecule has 96 valence electrons. The molecule has 4 nitrogen and oxygen atoms in total. The van der Waals surface area contributed by atoms with Crippen molar-refractivity contribution in [1.82, 2.24) is 0 Å². The highest BCUT2D eigenvalue weighted by Crippen LogP contribution is 2.25. The Bertz CT molecular complexity index is 179. The Morgan fingerprint density at radius 1 is 1.19 bits per heavy atom. The summed E-state index contributed by atoms with van der Waals surface area (Å²) in [4.78, 5) is 0. The van der Waals surface area contributed by atoms with E-state index in [-0.39, 0.29) is 5.54 Å². The van der Waals surface area contributed by atoms with Crippen molar-refractivity contribution in [1.29, 1.82) is 0 Å². The van der Waals surface area contributed by atoms with Crippen LogP contribution in [0.4, 0.5) is 0 Å². The normalized spacial score (nSPS) is 22.7. The van der Waals surface area contributed by atoms with E-state index in [0.717, 1.165) is 12.8 Å². The first-order valence-electron chi connectivity index (χ1n) is 6.20. The Labute approximate surface area is 98.1 Å². The molecule has 3 N–H and O–H groups in total. The summed E-state index contributed by atoms with van der Waals surface area (Å²) in [5, 5.41) is 9.43. The van der Waals surface area contributed by atoms with Crippen LogP contribution in [0.1, 0.15) is 38.5 Å². The fourth-order valence-corrected chi connectivity index (χ4v) is 2.22. The Kier molecular flexibility index (Phi) is 6.28. The number of aliphatic hydroxyl groups excluding tert-OH is 1. The quantitative estimate of drug-likeness (QED) is 0.671. The van der Waals surface area contributed by atoms with Crippen molar-refractivity contribution in [2.75, 3.05) is 26.9 Å². The van der Waals surface area contributed by atoms with Crippen LogP contribution in [-0.4, -0.2) is 43.7 Å². The molecule has 0 spiro atoms. The maximum absolute atomic E-state index is 9.43. The molecule has 0 bridgehead atoms. The molecule has 0 aromatic carbocycles. The lowest BCUT2D eigenvalue weighted by atomic mass is 9.93. The lowest BCUT2D eigenvalue weighted by Gasteiger charge is -2.28. The SMILES string of the molecule is COCC(O)COCC1(N)CCCCCC1. The summed E-state index contributed by atoms with van der Waals surface area (Å²) in [7, 11) is 1.57. The smallest absolute Gasteiger partial charge is 0.101 e. The van der Waals surface area contributed by atoms with Gasteiger partial charge in [-0.25, -0.2) is 0 Å².